The fraction of sp³-hybridized carbons (Fsp3) is 0.0333. The second-order valence-electron chi connectivity index (χ2n) is 8.58. The molecule has 4 aromatic carbocycles. The number of para-hydroxylation sites is 2. The van der Waals surface area contributed by atoms with Gasteiger partial charge in [0.2, 0.25) is 0 Å². The van der Waals surface area contributed by atoms with Crippen LogP contribution in [0.15, 0.2) is 103 Å². The van der Waals surface area contributed by atoms with E-state index in [9.17, 15) is 22.4 Å². The van der Waals surface area contributed by atoms with Crippen LogP contribution in [0.3, 0.4) is 0 Å². The SMILES string of the molecule is O=C(c1ccccc1)c1cnc2c(C(F)(F)F)cccc2c1-c1cccc(NC(=S)Nc2ccccc2F)c1. The standard InChI is InChI=1S/C30H19F4N3OS/c31-24-14-4-5-15-25(24)37-29(39)36-20-11-6-10-19(16-20)26-21-12-7-13-23(30(32,33)34)27(21)35-17-22(26)28(38)18-8-2-1-3-9-18/h1-17H,(H2,36,37,39). The van der Waals surface area contributed by atoms with Crippen molar-refractivity contribution in [3.63, 3.8) is 0 Å². The Balaban J connectivity index is 1.62. The number of halogens is 4. The second-order valence-corrected chi connectivity index (χ2v) is 8.99. The number of ketones is 1. The van der Waals surface area contributed by atoms with Gasteiger partial charge < -0.3 is 10.6 Å². The molecule has 0 spiro atoms. The summed E-state index contributed by atoms with van der Waals surface area (Å²) in [6.07, 6.45) is -3.45. The fourth-order valence-corrected chi connectivity index (χ4v) is 4.51. The molecule has 0 fully saturated rings. The number of carbonyl (C=O) groups excluding carboxylic acids is 1. The summed E-state index contributed by atoms with van der Waals surface area (Å²) in [7, 11) is 0. The zero-order valence-electron chi connectivity index (χ0n) is 20.1. The van der Waals surface area contributed by atoms with Crippen LogP contribution < -0.4 is 10.6 Å². The summed E-state index contributed by atoms with van der Waals surface area (Å²) in [6.45, 7) is 0. The Hall–Kier alpha value is -4.63. The largest absolute Gasteiger partial charge is 0.418 e. The van der Waals surface area contributed by atoms with Gasteiger partial charge in [0.05, 0.1) is 16.8 Å². The van der Waals surface area contributed by atoms with Crippen LogP contribution in [0.1, 0.15) is 21.5 Å². The average molecular weight is 546 g/mol. The number of carbonyl (C=O) groups is 1. The molecule has 5 aromatic rings. The van der Waals surface area contributed by atoms with E-state index in [1.807, 2.05) is 0 Å². The molecule has 194 valence electrons. The molecule has 0 saturated carbocycles. The first-order chi connectivity index (χ1) is 18.7. The number of fused-ring (bicyclic) bond motifs is 1. The minimum atomic E-state index is -4.64. The van der Waals surface area contributed by atoms with Crippen LogP contribution in [-0.4, -0.2) is 15.9 Å². The summed E-state index contributed by atoms with van der Waals surface area (Å²) < 4.78 is 55.5. The number of benzene rings is 4. The van der Waals surface area contributed by atoms with E-state index in [4.69, 9.17) is 12.2 Å². The lowest BCUT2D eigenvalue weighted by Gasteiger charge is -2.17. The van der Waals surface area contributed by atoms with Crippen molar-refractivity contribution in [2.75, 3.05) is 10.6 Å². The molecule has 9 heteroatoms. The van der Waals surface area contributed by atoms with Crippen LogP contribution in [0.5, 0.6) is 0 Å². The molecular weight excluding hydrogens is 526 g/mol. The van der Waals surface area contributed by atoms with Crippen LogP contribution in [-0.2, 0) is 6.18 Å². The van der Waals surface area contributed by atoms with E-state index in [-0.39, 0.29) is 33.0 Å². The smallest absolute Gasteiger partial charge is 0.332 e. The van der Waals surface area contributed by atoms with Crippen molar-refractivity contribution >= 4 is 45.4 Å². The Labute approximate surface area is 226 Å². The van der Waals surface area contributed by atoms with Gasteiger partial charge in [0.15, 0.2) is 10.9 Å². The first-order valence-corrected chi connectivity index (χ1v) is 12.1. The Morgan fingerprint density at radius 3 is 2.28 bits per heavy atom. The fourth-order valence-electron chi connectivity index (χ4n) is 4.28. The van der Waals surface area contributed by atoms with Gasteiger partial charge in [0, 0.05) is 34.0 Å². The van der Waals surface area contributed by atoms with Crippen molar-refractivity contribution in [3.05, 3.63) is 126 Å². The molecule has 0 radical (unpaired) electrons. The third-order valence-corrected chi connectivity index (χ3v) is 6.22. The molecule has 39 heavy (non-hydrogen) atoms. The van der Waals surface area contributed by atoms with Crippen molar-refractivity contribution in [1.29, 1.82) is 0 Å². The van der Waals surface area contributed by atoms with E-state index in [0.29, 0.717) is 22.4 Å². The first kappa shape index (κ1) is 26.0. The minimum absolute atomic E-state index is 0.108. The molecule has 0 aliphatic carbocycles. The van der Waals surface area contributed by atoms with E-state index in [2.05, 4.69) is 15.6 Å². The zero-order valence-corrected chi connectivity index (χ0v) is 20.9. The number of anilines is 2. The molecule has 0 atom stereocenters. The van der Waals surface area contributed by atoms with Gasteiger partial charge in [-0.05, 0) is 48.1 Å². The van der Waals surface area contributed by atoms with Gasteiger partial charge in [0.1, 0.15) is 5.82 Å². The van der Waals surface area contributed by atoms with Gasteiger partial charge in [-0.1, -0.05) is 66.7 Å². The third-order valence-electron chi connectivity index (χ3n) is 6.01. The lowest BCUT2D eigenvalue weighted by atomic mass is 9.91. The van der Waals surface area contributed by atoms with Gasteiger partial charge in [-0.25, -0.2) is 4.39 Å². The van der Waals surface area contributed by atoms with Crippen molar-refractivity contribution in [2.45, 2.75) is 6.18 Å². The molecule has 1 heterocycles. The highest BCUT2D eigenvalue weighted by Crippen LogP contribution is 2.39. The molecular formula is C30H19F4N3OS. The van der Waals surface area contributed by atoms with E-state index in [1.165, 1.54) is 30.5 Å². The predicted molar refractivity (Wildman–Crippen MR) is 148 cm³/mol. The topological polar surface area (TPSA) is 54.0 Å². The number of thiocarbonyl (C=S) groups is 1. The highest BCUT2D eigenvalue weighted by molar-refractivity contribution is 7.80. The molecule has 0 aliphatic heterocycles. The molecule has 0 aliphatic rings. The van der Waals surface area contributed by atoms with E-state index in [1.54, 1.807) is 66.7 Å². The number of rotatable bonds is 5. The van der Waals surface area contributed by atoms with Crippen molar-refractivity contribution in [2.24, 2.45) is 0 Å². The highest BCUT2D eigenvalue weighted by Gasteiger charge is 2.34. The number of aromatic nitrogens is 1. The molecule has 4 nitrogen and oxygen atoms in total. The number of nitrogens with zero attached hydrogens (tertiary/aromatic N) is 1. The Kier molecular flexibility index (Phi) is 7.08. The molecule has 0 amide bonds. The third kappa shape index (κ3) is 5.49. The van der Waals surface area contributed by atoms with Crippen LogP contribution in [0.4, 0.5) is 28.9 Å². The summed E-state index contributed by atoms with van der Waals surface area (Å²) in [5.41, 5.74) is 0.798. The number of hydrogen-bond acceptors (Lipinski definition) is 3. The summed E-state index contributed by atoms with van der Waals surface area (Å²) >= 11 is 5.33. The second kappa shape index (κ2) is 10.6. The lowest BCUT2D eigenvalue weighted by Crippen LogP contribution is -2.19. The summed E-state index contributed by atoms with van der Waals surface area (Å²) in [5, 5.41) is 6.03. The molecule has 0 unspecified atom stereocenters. The van der Waals surface area contributed by atoms with Crippen LogP contribution >= 0.6 is 12.2 Å². The Bertz CT molecular complexity index is 1700. The Morgan fingerprint density at radius 1 is 0.821 bits per heavy atom. The maximum absolute atomic E-state index is 14.0. The van der Waals surface area contributed by atoms with Crippen LogP contribution in [0.25, 0.3) is 22.0 Å². The summed E-state index contributed by atoms with van der Waals surface area (Å²) in [6, 6.07) is 25.0. The maximum atomic E-state index is 14.0. The van der Waals surface area contributed by atoms with Crippen LogP contribution in [0, 0.1) is 5.82 Å². The average Bonchev–Trinajstić information content (AvgIpc) is 2.93. The predicted octanol–water partition coefficient (Wildman–Crippen LogP) is 8.10. The Morgan fingerprint density at radius 2 is 1.54 bits per heavy atom. The molecule has 5 rings (SSSR count). The first-order valence-electron chi connectivity index (χ1n) is 11.7. The molecule has 0 bridgehead atoms. The number of hydrogen-bond donors (Lipinski definition) is 2. The van der Waals surface area contributed by atoms with Gasteiger partial charge in [-0.15, -0.1) is 0 Å². The highest BCUT2D eigenvalue weighted by atomic mass is 32.1. The van der Waals surface area contributed by atoms with Gasteiger partial charge in [0.25, 0.3) is 0 Å². The summed E-state index contributed by atoms with van der Waals surface area (Å²) in [4.78, 5) is 17.6. The van der Waals surface area contributed by atoms with E-state index < -0.39 is 17.6 Å². The monoisotopic (exact) mass is 545 g/mol. The van der Waals surface area contributed by atoms with Crippen LogP contribution in [0.2, 0.25) is 0 Å². The van der Waals surface area contributed by atoms with Crippen molar-refractivity contribution in [3.8, 4) is 11.1 Å². The minimum Gasteiger partial charge on any atom is -0.332 e. The normalized spacial score (nSPS) is 11.3. The number of alkyl halides is 3. The van der Waals surface area contributed by atoms with Crippen molar-refractivity contribution < 1.29 is 22.4 Å². The lowest BCUT2D eigenvalue weighted by molar-refractivity contribution is -0.136. The number of nitrogens with one attached hydrogen (secondary N) is 2. The van der Waals surface area contributed by atoms with E-state index >= 15 is 0 Å². The summed E-state index contributed by atoms with van der Waals surface area (Å²) in [5.74, 6) is -0.865. The van der Waals surface area contributed by atoms with Gasteiger partial charge in [-0.3, -0.25) is 9.78 Å². The molecule has 1 aromatic heterocycles. The molecule has 2 N–H and O–H groups in total. The van der Waals surface area contributed by atoms with Gasteiger partial charge in [-0.2, -0.15) is 13.2 Å². The number of pyridine rings is 1. The molecule has 0 saturated heterocycles. The zero-order chi connectivity index (χ0) is 27.6. The van der Waals surface area contributed by atoms with E-state index in [0.717, 1.165) is 6.07 Å². The maximum Gasteiger partial charge on any atom is 0.418 e. The quantitative estimate of drug-likeness (QED) is 0.133. The van der Waals surface area contributed by atoms with Gasteiger partial charge >= 0.3 is 6.18 Å². The van der Waals surface area contributed by atoms with Crippen molar-refractivity contribution in [1.82, 2.24) is 4.98 Å².